The zero-order valence-corrected chi connectivity index (χ0v) is 14.6. The summed E-state index contributed by atoms with van der Waals surface area (Å²) in [5.74, 6) is 0.284. The van der Waals surface area contributed by atoms with Gasteiger partial charge in [0.25, 0.3) is 5.56 Å². The SMILES string of the molecule is C=C(C)CN(CC)C(=O)CSc1nc2ccsc2c(=O)n1C. The maximum Gasteiger partial charge on any atom is 0.271 e. The Kier molecular flexibility index (Phi) is 5.42. The molecular weight excluding hydrogens is 318 g/mol. The van der Waals surface area contributed by atoms with Gasteiger partial charge in [0.05, 0.1) is 11.3 Å². The lowest BCUT2D eigenvalue weighted by atomic mass is 10.3. The second kappa shape index (κ2) is 7.11. The van der Waals surface area contributed by atoms with Crippen LogP contribution in [0.1, 0.15) is 13.8 Å². The van der Waals surface area contributed by atoms with Crippen molar-refractivity contribution in [2.75, 3.05) is 18.8 Å². The van der Waals surface area contributed by atoms with Crippen LogP contribution >= 0.6 is 23.1 Å². The van der Waals surface area contributed by atoms with Crippen molar-refractivity contribution in [2.45, 2.75) is 19.0 Å². The molecule has 0 aliphatic rings. The average Bonchev–Trinajstić information content (AvgIpc) is 2.94. The Morgan fingerprint density at radius 3 is 2.91 bits per heavy atom. The summed E-state index contributed by atoms with van der Waals surface area (Å²) in [4.78, 5) is 30.7. The van der Waals surface area contributed by atoms with Gasteiger partial charge in [-0.1, -0.05) is 23.9 Å². The molecule has 0 N–H and O–H groups in total. The minimum atomic E-state index is -0.0655. The molecule has 0 unspecified atom stereocenters. The first-order chi connectivity index (χ1) is 10.4. The summed E-state index contributed by atoms with van der Waals surface area (Å²) in [6.45, 7) is 8.89. The van der Waals surface area contributed by atoms with E-state index >= 15 is 0 Å². The van der Waals surface area contributed by atoms with Gasteiger partial charge in [0, 0.05) is 20.1 Å². The molecule has 7 heteroatoms. The van der Waals surface area contributed by atoms with Gasteiger partial charge in [-0.3, -0.25) is 14.2 Å². The van der Waals surface area contributed by atoms with E-state index in [1.165, 1.54) is 27.7 Å². The number of fused-ring (bicyclic) bond motifs is 1. The average molecular weight is 337 g/mol. The van der Waals surface area contributed by atoms with E-state index in [1.54, 1.807) is 11.9 Å². The van der Waals surface area contributed by atoms with Crippen LogP contribution in [0, 0.1) is 0 Å². The van der Waals surface area contributed by atoms with Gasteiger partial charge < -0.3 is 4.90 Å². The summed E-state index contributed by atoms with van der Waals surface area (Å²) in [7, 11) is 1.69. The van der Waals surface area contributed by atoms with Crippen LogP contribution in [0.3, 0.4) is 0 Å². The second-order valence-electron chi connectivity index (χ2n) is 5.05. The van der Waals surface area contributed by atoms with Crippen molar-refractivity contribution in [2.24, 2.45) is 7.05 Å². The highest BCUT2D eigenvalue weighted by molar-refractivity contribution is 7.99. The monoisotopic (exact) mass is 337 g/mol. The van der Waals surface area contributed by atoms with Crippen LogP contribution in [0.4, 0.5) is 0 Å². The topological polar surface area (TPSA) is 55.2 Å². The van der Waals surface area contributed by atoms with E-state index < -0.39 is 0 Å². The van der Waals surface area contributed by atoms with Gasteiger partial charge in [-0.05, 0) is 25.3 Å². The summed E-state index contributed by atoms with van der Waals surface area (Å²) >= 11 is 2.68. The fraction of sp³-hybridized carbons (Fsp3) is 0.400. The van der Waals surface area contributed by atoms with Crippen molar-refractivity contribution in [3.05, 3.63) is 34.0 Å². The molecule has 0 atom stereocenters. The number of thiophene rings is 1. The number of thioether (sulfide) groups is 1. The molecule has 0 radical (unpaired) electrons. The molecule has 2 rings (SSSR count). The fourth-order valence-electron chi connectivity index (χ4n) is 2.02. The zero-order chi connectivity index (χ0) is 16.3. The summed E-state index contributed by atoms with van der Waals surface area (Å²) in [6.07, 6.45) is 0. The quantitative estimate of drug-likeness (QED) is 0.462. The second-order valence-corrected chi connectivity index (χ2v) is 6.91. The van der Waals surface area contributed by atoms with Crippen molar-refractivity contribution >= 4 is 39.2 Å². The van der Waals surface area contributed by atoms with Gasteiger partial charge in [0.1, 0.15) is 4.70 Å². The van der Waals surface area contributed by atoms with Crippen molar-refractivity contribution in [1.29, 1.82) is 0 Å². The highest BCUT2D eigenvalue weighted by atomic mass is 32.2. The van der Waals surface area contributed by atoms with E-state index in [9.17, 15) is 9.59 Å². The van der Waals surface area contributed by atoms with Crippen molar-refractivity contribution in [3.8, 4) is 0 Å². The number of rotatable bonds is 6. The van der Waals surface area contributed by atoms with Crippen LogP contribution < -0.4 is 5.56 Å². The first-order valence-electron chi connectivity index (χ1n) is 6.93. The molecular formula is C15H19N3O2S2. The first-order valence-corrected chi connectivity index (χ1v) is 8.79. The van der Waals surface area contributed by atoms with Gasteiger partial charge in [-0.15, -0.1) is 11.3 Å². The molecule has 0 aliphatic carbocycles. The normalized spacial score (nSPS) is 10.9. The Balaban J connectivity index is 2.14. The molecule has 2 aromatic heterocycles. The van der Waals surface area contributed by atoms with Gasteiger partial charge in [-0.25, -0.2) is 4.98 Å². The number of carbonyl (C=O) groups is 1. The highest BCUT2D eigenvalue weighted by Gasteiger charge is 2.15. The van der Waals surface area contributed by atoms with Crippen molar-refractivity contribution in [3.63, 3.8) is 0 Å². The third-order valence-electron chi connectivity index (χ3n) is 3.17. The zero-order valence-electron chi connectivity index (χ0n) is 13.0. The van der Waals surface area contributed by atoms with E-state index in [1.807, 2.05) is 25.3 Å². The molecule has 0 saturated heterocycles. The molecule has 1 amide bonds. The molecule has 0 fully saturated rings. The van der Waals surface area contributed by atoms with Crippen LogP contribution in [-0.2, 0) is 11.8 Å². The van der Waals surface area contributed by atoms with E-state index in [0.717, 1.165) is 5.57 Å². The number of carbonyl (C=O) groups excluding carboxylic acids is 1. The summed E-state index contributed by atoms with van der Waals surface area (Å²) < 4.78 is 2.15. The van der Waals surface area contributed by atoms with Crippen LogP contribution in [0.25, 0.3) is 10.2 Å². The fourth-order valence-corrected chi connectivity index (χ4v) is 3.70. The molecule has 2 aromatic rings. The maximum absolute atomic E-state index is 12.2. The minimum absolute atomic E-state index is 0.0233. The van der Waals surface area contributed by atoms with Crippen LogP contribution in [0.2, 0.25) is 0 Å². The minimum Gasteiger partial charge on any atom is -0.338 e. The smallest absolute Gasteiger partial charge is 0.271 e. The Morgan fingerprint density at radius 2 is 2.27 bits per heavy atom. The lowest BCUT2D eigenvalue weighted by Gasteiger charge is -2.20. The number of nitrogens with zero attached hydrogens (tertiary/aromatic N) is 3. The third kappa shape index (κ3) is 3.59. The predicted octanol–water partition coefficient (Wildman–Crippen LogP) is 2.51. The molecule has 0 spiro atoms. The van der Waals surface area contributed by atoms with Crippen molar-refractivity contribution in [1.82, 2.24) is 14.5 Å². The van der Waals surface area contributed by atoms with Crippen molar-refractivity contribution < 1.29 is 4.79 Å². The van der Waals surface area contributed by atoms with Gasteiger partial charge in [0.2, 0.25) is 5.91 Å². The maximum atomic E-state index is 12.2. The standard InChI is InChI=1S/C15H19N3O2S2/c1-5-18(8-10(2)3)12(19)9-22-15-16-11-6-7-21-13(11)14(20)17(15)4/h6-7H,2,5,8-9H2,1,3-4H3. The van der Waals surface area contributed by atoms with Gasteiger partial charge in [0.15, 0.2) is 5.16 Å². The van der Waals surface area contributed by atoms with E-state index in [4.69, 9.17) is 0 Å². The number of aromatic nitrogens is 2. The number of hydrogen-bond donors (Lipinski definition) is 0. The largest absolute Gasteiger partial charge is 0.338 e. The Hall–Kier alpha value is -1.60. The van der Waals surface area contributed by atoms with Gasteiger partial charge >= 0.3 is 0 Å². The number of hydrogen-bond acceptors (Lipinski definition) is 5. The summed E-state index contributed by atoms with van der Waals surface area (Å²) in [5, 5.41) is 2.42. The number of likely N-dealkylation sites (N-methyl/N-ethyl adjacent to an activating group) is 1. The lowest BCUT2D eigenvalue weighted by Crippen LogP contribution is -2.33. The van der Waals surface area contributed by atoms with Crippen LogP contribution in [-0.4, -0.2) is 39.2 Å². The summed E-state index contributed by atoms with van der Waals surface area (Å²) in [6, 6.07) is 1.83. The molecule has 0 bridgehead atoms. The Bertz CT molecular complexity index is 764. The molecule has 0 saturated carbocycles. The number of amides is 1. The Labute approximate surface area is 137 Å². The first kappa shape index (κ1) is 16.8. The van der Waals surface area contributed by atoms with E-state index in [-0.39, 0.29) is 17.2 Å². The van der Waals surface area contributed by atoms with E-state index in [2.05, 4.69) is 11.6 Å². The van der Waals surface area contributed by atoms with E-state index in [0.29, 0.717) is 28.5 Å². The predicted molar refractivity (Wildman–Crippen MR) is 92.7 cm³/mol. The highest BCUT2D eigenvalue weighted by Crippen LogP contribution is 2.20. The molecule has 22 heavy (non-hydrogen) atoms. The summed E-state index contributed by atoms with van der Waals surface area (Å²) in [5.41, 5.74) is 1.58. The molecule has 0 aliphatic heterocycles. The lowest BCUT2D eigenvalue weighted by molar-refractivity contribution is -0.127. The third-order valence-corrected chi connectivity index (χ3v) is 5.07. The van der Waals surface area contributed by atoms with Gasteiger partial charge in [-0.2, -0.15) is 0 Å². The van der Waals surface area contributed by atoms with Crippen LogP contribution in [0.5, 0.6) is 0 Å². The Morgan fingerprint density at radius 1 is 1.55 bits per heavy atom. The molecule has 2 heterocycles. The molecule has 118 valence electrons. The molecule has 5 nitrogen and oxygen atoms in total. The van der Waals surface area contributed by atoms with Crippen LogP contribution in [0.15, 0.2) is 33.5 Å². The molecule has 0 aromatic carbocycles.